The molecule has 0 aliphatic heterocycles. The number of nitrogens with zero attached hydrogens (tertiary/aromatic N) is 4. The van der Waals surface area contributed by atoms with E-state index in [-0.39, 0.29) is 6.04 Å². The molecule has 6 nitrogen and oxygen atoms in total. The van der Waals surface area contributed by atoms with Crippen molar-refractivity contribution in [3.05, 3.63) is 24.4 Å². The third-order valence-corrected chi connectivity index (χ3v) is 3.64. The van der Waals surface area contributed by atoms with Crippen LogP contribution < -0.4 is 5.73 Å². The Morgan fingerprint density at radius 3 is 2.74 bits per heavy atom. The molecule has 0 spiro atoms. The van der Waals surface area contributed by atoms with E-state index in [1.54, 1.807) is 18.5 Å². The summed E-state index contributed by atoms with van der Waals surface area (Å²) < 4.78 is 5.27. The lowest BCUT2D eigenvalue weighted by Crippen LogP contribution is -2.34. The summed E-state index contributed by atoms with van der Waals surface area (Å²) in [5.74, 6) is 2.01. The van der Waals surface area contributed by atoms with Gasteiger partial charge < -0.3 is 10.3 Å². The Hall–Kier alpha value is -1.82. The first kappa shape index (κ1) is 12.2. The maximum atomic E-state index is 6.13. The summed E-state index contributed by atoms with van der Waals surface area (Å²) in [6, 6.07) is 2.00. The lowest BCUT2D eigenvalue weighted by Gasteiger charge is -2.27. The highest BCUT2D eigenvalue weighted by molar-refractivity contribution is 5.40. The smallest absolute Gasteiger partial charge is 0.240 e. The molecule has 0 saturated heterocycles. The number of hydrogen-bond acceptors (Lipinski definition) is 6. The molecule has 2 aromatic heterocycles. The SMILES string of the molecule is NC1CCCCC1Cc1nc(-c2ncccn2)no1. The molecule has 0 amide bonds. The standard InChI is InChI=1S/C13H17N5O/c14-10-5-2-1-4-9(10)8-11-17-13(18-19-11)12-15-6-3-7-16-12/h3,6-7,9-10H,1-2,4-5,8,14H2. The molecule has 2 unspecified atom stereocenters. The van der Waals surface area contributed by atoms with Crippen molar-refractivity contribution < 1.29 is 4.52 Å². The van der Waals surface area contributed by atoms with Crippen molar-refractivity contribution in [1.29, 1.82) is 0 Å². The molecule has 1 saturated carbocycles. The average molecular weight is 259 g/mol. The van der Waals surface area contributed by atoms with Gasteiger partial charge in [0.15, 0.2) is 0 Å². The number of nitrogens with two attached hydrogens (primary N) is 1. The third kappa shape index (κ3) is 2.78. The van der Waals surface area contributed by atoms with Gasteiger partial charge in [-0.25, -0.2) is 9.97 Å². The van der Waals surface area contributed by atoms with Crippen LogP contribution in [0.3, 0.4) is 0 Å². The average Bonchev–Trinajstić information content (AvgIpc) is 2.91. The van der Waals surface area contributed by atoms with Crippen molar-refractivity contribution in [2.45, 2.75) is 38.1 Å². The van der Waals surface area contributed by atoms with Crippen molar-refractivity contribution in [3.8, 4) is 11.6 Å². The van der Waals surface area contributed by atoms with Gasteiger partial charge >= 0.3 is 0 Å². The number of aromatic nitrogens is 4. The molecular formula is C13H17N5O. The molecule has 2 aromatic rings. The molecular weight excluding hydrogens is 242 g/mol. The van der Waals surface area contributed by atoms with Gasteiger partial charge in [-0.3, -0.25) is 0 Å². The summed E-state index contributed by atoms with van der Waals surface area (Å²) in [6.45, 7) is 0. The Balaban J connectivity index is 1.71. The van der Waals surface area contributed by atoms with Gasteiger partial charge in [0.1, 0.15) is 0 Å². The second-order valence-electron chi connectivity index (χ2n) is 5.00. The molecule has 2 N–H and O–H groups in total. The molecule has 2 atom stereocenters. The second kappa shape index (κ2) is 5.44. The zero-order chi connectivity index (χ0) is 13.1. The zero-order valence-corrected chi connectivity index (χ0v) is 10.7. The molecule has 0 bridgehead atoms. The minimum absolute atomic E-state index is 0.247. The largest absolute Gasteiger partial charge is 0.339 e. The van der Waals surface area contributed by atoms with Gasteiger partial charge in [0.05, 0.1) is 0 Å². The zero-order valence-electron chi connectivity index (χ0n) is 10.7. The van der Waals surface area contributed by atoms with Crippen LogP contribution in [0, 0.1) is 5.92 Å². The van der Waals surface area contributed by atoms with Crippen molar-refractivity contribution in [2.75, 3.05) is 0 Å². The number of hydrogen-bond donors (Lipinski definition) is 1. The summed E-state index contributed by atoms with van der Waals surface area (Å²) in [6.07, 6.45) is 8.77. The van der Waals surface area contributed by atoms with E-state index in [9.17, 15) is 0 Å². The summed E-state index contributed by atoms with van der Waals surface area (Å²) in [7, 11) is 0. The van der Waals surface area contributed by atoms with Crippen molar-refractivity contribution in [3.63, 3.8) is 0 Å². The lowest BCUT2D eigenvalue weighted by molar-refractivity contribution is 0.273. The molecule has 0 radical (unpaired) electrons. The maximum Gasteiger partial charge on any atom is 0.240 e. The number of rotatable bonds is 3. The summed E-state index contributed by atoms with van der Waals surface area (Å²) in [5, 5.41) is 3.93. The minimum Gasteiger partial charge on any atom is -0.339 e. The molecule has 100 valence electrons. The lowest BCUT2D eigenvalue weighted by atomic mass is 9.83. The van der Waals surface area contributed by atoms with Gasteiger partial charge in [0.2, 0.25) is 17.5 Å². The minimum atomic E-state index is 0.247. The van der Waals surface area contributed by atoms with E-state index in [1.165, 1.54) is 12.8 Å². The highest BCUT2D eigenvalue weighted by Gasteiger charge is 2.24. The topological polar surface area (TPSA) is 90.7 Å². The quantitative estimate of drug-likeness (QED) is 0.900. The molecule has 3 rings (SSSR count). The van der Waals surface area contributed by atoms with E-state index < -0.39 is 0 Å². The highest BCUT2D eigenvalue weighted by Crippen LogP contribution is 2.26. The van der Waals surface area contributed by atoms with Crippen LogP contribution in [0.5, 0.6) is 0 Å². The van der Waals surface area contributed by atoms with E-state index in [0.717, 1.165) is 19.3 Å². The molecule has 19 heavy (non-hydrogen) atoms. The summed E-state index contributed by atoms with van der Waals surface area (Å²) >= 11 is 0. The van der Waals surface area contributed by atoms with Crippen LogP contribution in [0.4, 0.5) is 0 Å². The fraction of sp³-hybridized carbons (Fsp3) is 0.538. The second-order valence-corrected chi connectivity index (χ2v) is 5.00. The van der Waals surface area contributed by atoms with E-state index in [4.69, 9.17) is 10.3 Å². The van der Waals surface area contributed by atoms with Gasteiger partial charge in [-0.1, -0.05) is 18.0 Å². The molecule has 1 aliphatic rings. The normalized spacial score (nSPS) is 23.4. The van der Waals surface area contributed by atoms with Crippen molar-refractivity contribution in [2.24, 2.45) is 11.7 Å². The molecule has 2 heterocycles. The fourth-order valence-electron chi connectivity index (χ4n) is 2.56. The van der Waals surface area contributed by atoms with Crippen LogP contribution in [-0.2, 0) is 6.42 Å². The van der Waals surface area contributed by atoms with E-state index in [0.29, 0.717) is 23.5 Å². The van der Waals surface area contributed by atoms with Crippen LogP contribution in [0.2, 0.25) is 0 Å². The Labute approximate surface area is 111 Å². The molecule has 0 aromatic carbocycles. The van der Waals surface area contributed by atoms with Gasteiger partial charge in [-0.15, -0.1) is 0 Å². The van der Waals surface area contributed by atoms with Gasteiger partial charge in [-0.2, -0.15) is 4.98 Å². The predicted molar refractivity (Wildman–Crippen MR) is 69.0 cm³/mol. The first-order valence-electron chi connectivity index (χ1n) is 6.68. The Kier molecular flexibility index (Phi) is 3.50. The van der Waals surface area contributed by atoms with Gasteiger partial charge in [0.25, 0.3) is 0 Å². The molecule has 1 fully saturated rings. The first-order chi connectivity index (χ1) is 9.33. The highest BCUT2D eigenvalue weighted by atomic mass is 16.5. The van der Waals surface area contributed by atoms with Crippen LogP contribution in [0.15, 0.2) is 23.0 Å². The molecule has 1 aliphatic carbocycles. The van der Waals surface area contributed by atoms with Crippen LogP contribution >= 0.6 is 0 Å². The van der Waals surface area contributed by atoms with Gasteiger partial charge in [0, 0.05) is 24.9 Å². The summed E-state index contributed by atoms with van der Waals surface area (Å²) in [5.41, 5.74) is 6.13. The van der Waals surface area contributed by atoms with E-state index in [2.05, 4.69) is 20.1 Å². The van der Waals surface area contributed by atoms with E-state index >= 15 is 0 Å². The van der Waals surface area contributed by atoms with Crippen LogP contribution in [0.25, 0.3) is 11.6 Å². The van der Waals surface area contributed by atoms with E-state index in [1.807, 2.05) is 0 Å². The first-order valence-corrected chi connectivity index (χ1v) is 6.68. The van der Waals surface area contributed by atoms with Gasteiger partial charge in [-0.05, 0) is 24.8 Å². The maximum absolute atomic E-state index is 6.13. The van der Waals surface area contributed by atoms with Crippen LogP contribution in [-0.4, -0.2) is 26.2 Å². The Morgan fingerprint density at radius 1 is 1.16 bits per heavy atom. The predicted octanol–water partition coefficient (Wildman–Crippen LogP) is 1.59. The van der Waals surface area contributed by atoms with Crippen LogP contribution in [0.1, 0.15) is 31.6 Å². The fourth-order valence-corrected chi connectivity index (χ4v) is 2.56. The third-order valence-electron chi connectivity index (χ3n) is 3.64. The summed E-state index contributed by atoms with van der Waals surface area (Å²) in [4.78, 5) is 12.6. The van der Waals surface area contributed by atoms with Crippen molar-refractivity contribution in [1.82, 2.24) is 20.1 Å². The Bertz CT molecular complexity index is 527. The Morgan fingerprint density at radius 2 is 1.95 bits per heavy atom. The molecule has 6 heteroatoms. The van der Waals surface area contributed by atoms with Crippen molar-refractivity contribution >= 4 is 0 Å². The monoisotopic (exact) mass is 259 g/mol.